The van der Waals surface area contributed by atoms with E-state index in [9.17, 15) is 4.79 Å². The molecule has 4 aromatic rings. The number of carbonyl (C=O) groups excluding carboxylic acids is 1. The second-order valence-corrected chi connectivity index (χ2v) is 11.6. The van der Waals surface area contributed by atoms with Crippen molar-refractivity contribution in [1.82, 2.24) is 0 Å². The molecule has 6 nitrogen and oxygen atoms in total. The average Bonchev–Trinajstić information content (AvgIpc) is 3.30. The van der Waals surface area contributed by atoms with E-state index < -0.39 is 18.9 Å². The first kappa shape index (κ1) is 25.4. The van der Waals surface area contributed by atoms with E-state index in [0.29, 0.717) is 22.3 Å². The van der Waals surface area contributed by atoms with E-state index in [4.69, 9.17) is 22.6 Å². The van der Waals surface area contributed by atoms with Gasteiger partial charge in [0.1, 0.15) is 0 Å². The Hall–Kier alpha value is -3.22. The van der Waals surface area contributed by atoms with Gasteiger partial charge in [0.2, 0.25) is 0 Å². The Morgan fingerprint density at radius 3 is 1.35 bits per heavy atom. The van der Waals surface area contributed by atoms with Gasteiger partial charge < -0.3 is 0 Å². The maximum absolute atomic E-state index is 15.0. The predicted octanol–water partition coefficient (Wildman–Crippen LogP) is 6.82. The third-order valence-corrected chi connectivity index (χ3v) is 9.79. The van der Waals surface area contributed by atoms with Crippen LogP contribution in [0, 0.1) is 0 Å². The molecule has 1 saturated heterocycles. The number of Topliss-reactive ketones (excluding diaryl/α,β-unsaturated/α-hetero) is 1. The molecule has 190 valence electrons. The Balaban J connectivity index is 2.00. The van der Waals surface area contributed by atoms with Crippen LogP contribution in [0.3, 0.4) is 0 Å². The minimum atomic E-state index is -4.85. The summed E-state index contributed by atoms with van der Waals surface area (Å²) in [6.45, 7) is 0. The van der Waals surface area contributed by atoms with Crippen LogP contribution in [0.15, 0.2) is 121 Å². The number of carbonyl (C=O) groups is 1. The van der Waals surface area contributed by atoms with Gasteiger partial charge in [-0.3, -0.25) is 0 Å². The molecule has 0 aliphatic carbocycles. The van der Waals surface area contributed by atoms with E-state index >= 15 is 0 Å². The molecule has 0 saturated carbocycles. The second kappa shape index (κ2) is 9.58. The van der Waals surface area contributed by atoms with Crippen LogP contribution in [0.5, 0.6) is 0 Å². The van der Waals surface area contributed by atoms with E-state index in [1.54, 1.807) is 12.1 Å². The van der Waals surface area contributed by atoms with Gasteiger partial charge in [0.25, 0.3) is 0 Å². The Kier molecular flexibility index (Phi) is 6.59. The molecule has 0 aromatic heterocycles. The normalized spacial score (nSPS) is 22.5. The molecular weight excluding hydrogens is 487 g/mol. The first-order valence-electron chi connectivity index (χ1n) is 11.9. The van der Waals surface area contributed by atoms with Crippen LogP contribution in [0.2, 0.25) is 0 Å². The van der Waals surface area contributed by atoms with Crippen molar-refractivity contribution >= 4 is 13.5 Å². The van der Waals surface area contributed by atoms with Gasteiger partial charge in [0.05, 0.1) is 0 Å². The van der Waals surface area contributed by atoms with Crippen LogP contribution in [0.1, 0.15) is 27.0 Å². The van der Waals surface area contributed by atoms with Crippen LogP contribution < -0.4 is 0 Å². The summed E-state index contributed by atoms with van der Waals surface area (Å²) < 4.78 is 31.7. The fourth-order valence-corrected chi connectivity index (χ4v) is 7.60. The first-order valence-corrected chi connectivity index (χ1v) is 13.7. The van der Waals surface area contributed by atoms with Crippen molar-refractivity contribution in [3.8, 4) is 0 Å². The number of benzene rings is 4. The van der Waals surface area contributed by atoms with E-state index in [1.807, 2.05) is 109 Å². The van der Waals surface area contributed by atoms with Gasteiger partial charge in [-0.15, -0.1) is 0 Å². The van der Waals surface area contributed by atoms with Crippen molar-refractivity contribution in [1.29, 1.82) is 0 Å². The van der Waals surface area contributed by atoms with Gasteiger partial charge in [0.15, 0.2) is 0 Å². The fraction of sp³-hybridized carbons (Fsp3) is 0.167. The molecule has 1 unspecified atom stereocenters. The van der Waals surface area contributed by atoms with E-state index in [2.05, 4.69) is 0 Å². The Morgan fingerprint density at radius 2 is 0.946 bits per heavy atom. The molecule has 4 aromatic carbocycles. The number of hydrogen-bond donors (Lipinski definition) is 0. The van der Waals surface area contributed by atoms with Crippen molar-refractivity contribution < 1.29 is 27.4 Å². The molecule has 0 spiro atoms. The standard InChI is InChI=1S/C30H29O6P/c1-32-37(33-2,34-3)35-29(25-18-10-5-11-19-25,26-20-12-6-13-21-26)30(36-37,27-22-14-7-15-23-27)28(31)24-16-8-4-9-17-24/h4-23H,1-3H3. The number of hydrogen-bond acceptors (Lipinski definition) is 6. The van der Waals surface area contributed by atoms with Crippen LogP contribution in [0.25, 0.3) is 0 Å². The molecule has 1 aliphatic heterocycles. The number of rotatable bonds is 8. The quantitative estimate of drug-likeness (QED) is 0.189. The third kappa shape index (κ3) is 3.69. The summed E-state index contributed by atoms with van der Waals surface area (Å²) in [5.74, 6) is -0.329. The molecule has 0 N–H and O–H groups in total. The maximum atomic E-state index is 15.0. The van der Waals surface area contributed by atoms with E-state index in [1.165, 1.54) is 21.3 Å². The summed E-state index contributed by atoms with van der Waals surface area (Å²) >= 11 is 0. The van der Waals surface area contributed by atoms with Gasteiger partial charge in [0, 0.05) is 0 Å². The zero-order valence-electron chi connectivity index (χ0n) is 20.9. The van der Waals surface area contributed by atoms with Crippen LogP contribution >= 0.6 is 7.74 Å². The third-order valence-electron chi connectivity index (χ3n) is 6.86. The second-order valence-electron chi connectivity index (χ2n) is 8.63. The molecular formula is C30H29O6P. The number of ketones is 1. The van der Waals surface area contributed by atoms with Crippen LogP contribution in [-0.4, -0.2) is 27.1 Å². The van der Waals surface area contributed by atoms with E-state index in [-0.39, 0.29) is 5.78 Å². The van der Waals surface area contributed by atoms with Gasteiger partial charge in [-0.2, -0.15) is 0 Å². The summed E-state index contributed by atoms with van der Waals surface area (Å²) in [6.07, 6.45) is 0. The van der Waals surface area contributed by atoms with Gasteiger partial charge in [-0.05, 0) is 0 Å². The minimum absolute atomic E-state index is 0.329. The molecule has 37 heavy (non-hydrogen) atoms. The van der Waals surface area contributed by atoms with Crippen molar-refractivity contribution in [3.05, 3.63) is 144 Å². The summed E-state index contributed by atoms with van der Waals surface area (Å²) in [6, 6.07) is 37.3. The Labute approximate surface area is 217 Å². The summed E-state index contributed by atoms with van der Waals surface area (Å²) in [5.41, 5.74) is -1.02. The molecule has 5 rings (SSSR count). The fourth-order valence-electron chi connectivity index (χ4n) is 5.12. The first-order chi connectivity index (χ1) is 18.0. The molecule has 0 bridgehead atoms. The van der Waals surface area contributed by atoms with Crippen molar-refractivity contribution in [3.63, 3.8) is 0 Å². The molecule has 1 aliphatic rings. The van der Waals surface area contributed by atoms with Crippen LogP contribution in [0.4, 0.5) is 0 Å². The van der Waals surface area contributed by atoms with Crippen molar-refractivity contribution in [2.75, 3.05) is 21.3 Å². The van der Waals surface area contributed by atoms with Gasteiger partial charge >= 0.3 is 217 Å². The Morgan fingerprint density at radius 1 is 0.568 bits per heavy atom. The predicted molar refractivity (Wildman–Crippen MR) is 143 cm³/mol. The van der Waals surface area contributed by atoms with Crippen molar-refractivity contribution in [2.45, 2.75) is 11.2 Å². The van der Waals surface area contributed by atoms with E-state index in [0.717, 1.165) is 0 Å². The summed E-state index contributed by atoms with van der Waals surface area (Å²) in [5, 5.41) is 0. The molecule has 0 radical (unpaired) electrons. The molecule has 0 amide bonds. The zero-order chi connectivity index (χ0) is 26.0. The topological polar surface area (TPSA) is 63.2 Å². The molecule has 1 heterocycles. The van der Waals surface area contributed by atoms with Crippen molar-refractivity contribution in [2.24, 2.45) is 0 Å². The summed E-state index contributed by atoms with van der Waals surface area (Å²) in [7, 11) is -0.641. The molecule has 1 fully saturated rings. The van der Waals surface area contributed by atoms with Crippen LogP contribution in [-0.2, 0) is 33.8 Å². The van der Waals surface area contributed by atoms with Gasteiger partial charge in [-0.1, -0.05) is 0 Å². The SMILES string of the molecule is COP1(OC)(OC)OC(C(=O)c2ccccc2)(c2ccccc2)C(c2ccccc2)(c2ccccc2)O1. The molecule has 1 atom stereocenters. The summed E-state index contributed by atoms with van der Waals surface area (Å²) in [4.78, 5) is 15.0. The Bertz CT molecular complexity index is 1310. The average molecular weight is 517 g/mol. The zero-order valence-corrected chi connectivity index (χ0v) is 21.8. The monoisotopic (exact) mass is 516 g/mol. The van der Waals surface area contributed by atoms with Gasteiger partial charge in [-0.25, -0.2) is 0 Å². The molecule has 7 heteroatoms.